The van der Waals surface area contributed by atoms with Crippen molar-refractivity contribution >= 4 is 46.6 Å². The van der Waals surface area contributed by atoms with Crippen molar-refractivity contribution in [2.24, 2.45) is 0 Å². The average molecular weight is 471 g/mol. The number of hydrogen-bond donors (Lipinski definition) is 2. The lowest BCUT2D eigenvalue weighted by molar-refractivity contribution is -0.115. The third-order valence-electron chi connectivity index (χ3n) is 4.51. The van der Waals surface area contributed by atoms with E-state index in [1.807, 2.05) is 25.1 Å². The lowest BCUT2D eigenvalue weighted by atomic mass is 10.2. The predicted molar refractivity (Wildman–Crippen MR) is 129 cm³/mol. The largest absolute Gasteiger partial charge is 0.493 e. The van der Waals surface area contributed by atoms with Gasteiger partial charge in [0.05, 0.1) is 19.5 Å². The molecule has 3 aromatic rings. The summed E-state index contributed by atoms with van der Waals surface area (Å²) in [5.41, 5.74) is 1.71. The predicted octanol–water partition coefficient (Wildman–Crippen LogP) is 5.73. The molecule has 0 radical (unpaired) electrons. The number of rotatable bonds is 8. The van der Waals surface area contributed by atoms with Gasteiger partial charge in [-0.3, -0.25) is 9.59 Å². The molecule has 2 N–H and O–H groups in total. The molecule has 0 spiro atoms. The summed E-state index contributed by atoms with van der Waals surface area (Å²) in [4.78, 5) is 26.0. The topological polar surface area (TPSA) is 76.7 Å². The molecule has 0 saturated carbocycles. The molecule has 0 aromatic heterocycles. The molecule has 3 aromatic carbocycles. The fourth-order valence-corrected chi connectivity index (χ4v) is 4.01. The number of anilines is 2. The molecule has 3 rings (SSSR count). The van der Waals surface area contributed by atoms with Crippen LogP contribution in [-0.4, -0.2) is 31.3 Å². The zero-order valence-electron chi connectivity index (χ0n) is 17.8. The molecule has 0 fully saturated rings. The van der Waals surface area contributed by atoms with Crippen LogP contribution in [-0.2, 0) is 4.79 Å². The van der Waals surface area contributed by atoms with Crippen LogP contribution in [0.5, 0.6) is 11.5 Å². The number of hydrogen-bond acceptors (Lipinski definition) is 5. The summed E-state index contributed by atoms with van der Waals surface area (Å²) < 4.78 is 10.5. The molecule has 1 unspecified atom stereocenters. The van der Waals surface area contributed by atoms with E-state index in [0.29, 0.717) is 33.5 Å². The first kappa shape index (κ1) is 23.5. The first-order valence-corrected chi connectivity index (χ1v) is 11.0. The number of halogens is 1. The van der Waals surface area contributed by atoms with Crippen molar-refractivity contribution < 1.29 is 19.1 Å². The molecule has 6 nitrogen and oxygen atoms in total. The van der Waals surface area contributed by atoms with Gasteiger partial charge < -0.3 is 20.1 Å². The molecule has 32 heavy (non-hydrogen) atoms. The first-order chi connectivity index (χ1) is 15.4. The zero-order chi connectivity index (χ0) is 23.1. The van der Waals surface area contributed by atoms with E-state index in [-0.39, 0.29) is 17.1 Å². The van der Waals surface area contributed by atoms with Gasteiger partial charge in [-0.2, -0.15) is 0 Å². The number of ether oxygens (including phenoxy) is 2. The summed E-state index contributed by atoms with van der Waals surface area (Å²) in [7, 11) is 3.06. The number of methoxy groups -OCH3 is 2. The summed E-state index contributed by atoms with van der Waals surface area (Å²) in [5.74, 6) is 0.605. The molecule has 0 saturated heterocycles. The molecular weight excluding hydrogens is 448 g/mol. The molecular formula is C24H23ClN2O4S. The van der Waals surface area contributed by atoms with Crippen molar-refractivity contribution in [2.75, 3.05) is 24.9 Å². The van der Waals surface area contributed by atoms with E-state index >= 15 is 0 Å². The molecule has 0 aliphatic heterocycles. The van der Waals surface area contributed by atoms with Crippen LogP contribution in [0.3, 0.4) is 0 Å². The molecule has 166 valence electrons. The standard InChI is InChI=1S/C24H23ClN2O4S/c1-15(23(28)26-18-7-4-6-17(25)13-18)32-20-9-5-8-19(14-20)27-24(29)16-10-11-21(30-2)22(12-16)31-3/h4-15H,1-3H3,(H,26,28)(H,27,29). The van der Waals surface area contributed by atoms with Crippen molar-refractivity contribution in [1.82, 2.24) is 0 Å². The van der Waals surface area contributed by atoms with E-state index in [9.17, 15) is 9.59 Å². The third-order valence-corrected chi connectivity index (χ3v) is 5.84. The van der Waals surface area contributed by atoms with Crippen LogP contribution in [0, 0.1) is 0 Å². The van der Waals surface area contributed by atoms with Crippen molar-refractivity contribution in [3.8, 4) is 11.5 Å². The highest BCUT2D eigenvalue weighted by atomic mass is 35.5. The normalized spacial score (nSPS) is 11.4. The van der Waals surface area contributed by atoms with Gasteiger partial charge in [0.25, 0.3) is 5.91 Å². The van der Waals surface area contributed by atoms with E-state index < -0.39 is 0 Å². The van der Waals surface area contributed by atoms with Gasteiger partial charge in [0.2, 0.25) is 5.91 Å². The molecule has 0 aliphatic rings. The van der Waals surface area contributed by atoms with Crippen LogP contribution in [0.15, 0.2) is 71.6 Å². The quantitative estimate of drug-likeness (QED) is 0.411. The number of carbonyl (C=O) groups is 2. The van der Waals surface area contributed by atoms with Gasteiger partial charge in [-0.15, -0.1) is 11.8 Å². The smallest absolute Gasteiger partial charge is 0.255 e. The Balaban J connectivity index is 1.64. The summed E-state index contributed by atoms with van der Waals surface area (Å²) in [5, 5.41) is 5.93. The minimum Gasteiger partial charge on any atom is -0.493 e. The Morgan fingerprint density at radius 2 is 1.56 bits per heavy atom. The van der Waals surface area contributed by atoms with Gasteiger partial charge in [-0.25, -0.2) is 0 Å². The van der Waals surface area contributed by atoms with Gasteiger partial charge >= 0.3 is 0 Å². The van der Waals surface area contributed by atoms with Crippen LogP contribution in [0.1, 0.15) is 17.3 Å². The monoisotopic (exact) mass is 470 g/mol. The Hall–Kier alpha value is -3.16. The van der Waals surface area contributed by atoms with Gasteiger partial charge in [-0.05, 0) is 61.5 Å². The lowest BCUT2D eigenvalue weighted by Gasteiger charge is -2.13. The van der Waals surface area contributed by atoms with E-state index in [1.165, 1.54) is 26.0 Å². The van der Waals surface area contributed by atoms with Gasteiger partial charge in [0, 0.05) is 26.9 Å². The minimum atomic E-state index is -0.356. The average Bonchev–Trinajstić information content (AvgIpc) is 2.78. The summed E-state index contributed by atoms with van der Waals surface area (Å²) in [6, 6.07) is 19.3. The Labute approximate surface area is 196 Å². The van der Waals surface area contributed by atoms with Crippen molar-refractivity contribution in [3.63, 3.8) is 0 Å². The van der Waals surface area contributed by atoms with E-state index in [4.69, 9.17) is 21.1 Å². The van der Waals surface area contributed by atoms with Crippen LogP contribution >= 0.6 is 23.4 Å². The Morgan fingerprint density at radius 1 is 0.875 bits per heavy atom. The van der Waals surface area contributed by atoms with Crippen LogP contribution in [0.4, 0.5) is 11.4 Å². The van der Waals surface area contributed by atoms with E-state index in [2.05, 4.69) is 10.6 Å². The van der Waals surface area contributed by atoms with Crippen molar-refractivity contribution in [3.05, 3.63) is 77.3 Å². The van der Waals surface area contributed by atoms with Gasteiger partial charge in [-0.1, -0.05) is 23.7 Å². The lowest BCUT2D eigenvalue weighted by Crippen LogP contribution is -2.22. The fraction of sp³-hybridized carbons (Fsp3) is 0.167. The summed E-state index contributed by atoms with van der Waals surface area (Å²) in [6.45, 7) is 1.82. The fourth-order valence-electron chi connectivity index (χ4n) is 2.90. The molecule has 2 amide bonds. The third kappa shape index (κ3) is 6.18. The summed E-state index contributed by atoms with van der Waals surface area (Å²) in [6.07, 6.45) is 0. The molecule has 8 heteroatoms. The van der Waals surface area contributed by atoms with Crippen LogP contribution < -0.4 is 20.1 Å². The van der Waals surface area contributed by atoms with Gasteiger partial charge in [0.1, 0.15) is 0 Å². The second-order valence-electron chi connectivity index (χ2n) is 6.81. The molecule has 0 bridgehead atoms. The molecule has 0 aliphatic carbocycles. The highest BCUT2D eigenvalue weighted by Gasteiger charge is 2.16. The van der Waals surface area contributed by atoms with Crippen LogP contribution in [0.2, 0.25) is 5.02 Å². The number of carbonyl (C=O) groups excluding carboxylic acids is 2. The summed E-state index contributed by atoms with van der Waals surface area (Å²) >= 11 is 7.36. The Kier molecular flexibility index (Phi) is 8.03. The SMILES string of the molecule is COc1ccc(C(=O)Nc2cccc(SC(C)C(=O)Nc3cccc(Cl)c3)c2)cc1OC. The first-order valence-electron chi connectivity index (χ1n) is 9.76. The Bertz CT molecular complexity index is 1120. The maximum absolute atomic E-state index is 12.7. The Morgan fingerprint density at radius 3 is 2.25 bits per heavy atom. The number of thioether (sulfide) groups is 1. The second-order valence-corrected chi connectivity index (χ2v) is 8.66. The van der Waals surface area contributed by atoms with E-state index in [0.717, 1.165) is 4.90 Å². The van der Waals surface area contributed by atoms with Crippen molar-refractivity contribution in [1.29, 1.82) is 0 Å². The minimum absolute atomic E-state index is 0.142. The molecule has 1 atom stereocenters. The van der Waals surface area contributed by atoms with Gasteiger partial charge in [0.15, 0.2) is 11.5 Å². The number of nitrogens with one attached hydrogen (secondary N) is 2. The maximum atomic E-state index is 12.7. The van der Waals surface area contributed by atoms with Crippen molar-refractivity contribution in [2.45, 2.75) is 17.1 Å². The number of benzene rings is 3. The van der Waals surface area contributed by atoms with Crippen LogP contribution in [0.25, 0.3) is 0 Å². The van der Waals surface area contributed by atoms with E-state index in [1.54, 1.807) is 48.5 Å². The molecule has 0 heterocycles. The highest BCUT2D eigenvalue weighted by molar-refractivity contribution is 8.00. The maximum Gasteiger partial charge on any atom is 0.255 e. The second kappa shape index (κ2) is 10.9. The number of amides is 2. The highest BCUT2D eigenvalue weighted by Crippen LogP contribution is 2.29. The zero-order valence-corrected chi connectivity index (χ0v) is 19.4.